The van der Waals surface area contributed by atoms with Crippen LogP contribution in [0.4, 0.5) is 0 Å². The van der Waals surface area contributed by atoms with Crippen molar-refractivity contribution in [1.82, 2.24) is 0 Å². The molecule has 0 aliphatic carbocycles. The number of aliphatic imine (C=N–C) groups is 1. The molecule has 1 rings (SSSR count). The summed E-state index contributed by atoms with van der Waals surface area (Å²) < 4.78 is 31.3. The fourth-order valence-corrected chi connectivity index (χ4v) is 4.57. The number of hydrogen-bond acceptors (Lipinski definition) is 6. The zero-order chi connectivity index (χ0) is 20.2. The molecule has 0 aromatic heterocycles. The maximum Gasteiger partial charge on any atom is 1.00 e. The van der Waals surface area contributed by atoms with Gasteiger partial charge in [-0.25, -0.2) is 4.99 Å². The Hall–Kier alpha value is 0.420. The summed E-state index contributed by atoms with van der Waals surface area (Å²) in [5.41, 5.74) is 0. The van der Waals surface area contributed by atoms with Crippen molar-refractivity contribution in [3.63, 3.8) is 0 Å². The topological polar surface area (TPSA) is 137 Å². The van der Waals surface area contributed by atoms with Gasteiger partial charge >= 0.3 is 29.6 Å². The molecule has 0 aromatic carbocycles. The van der Waals surface area contributed by atoms with Crippen molar-refractivity contribution in [2.24, 2.45) is 4.99 Å². The number of nitrogens with zero attached hydrogens (tertiary/aromatic N) is 2. The average molecular weight is 448 g/mol. The number of aliphatic hydroxyl groups is 2. The molecule has 2 atom stereocenters. The van der Waals surface area contributed by atoms with Gasteiger partial charge in [0.25, 0.3) is 10.1 Å². The molecule has 0 saturated heterocycles. The van der Waals surface area contributed by atoms with Crippen LogP contribution < -0.4 is 29.6 Å². The Labute approximate surface area is 198 Å². The predicted octanol–water partition coefficient (Wildman–Crippen LogP) is -0.796. The minimum absolute atomic E-state index is 0. The van der Waals surface area contributed by atoms with E-state index in [-0.39, 0.29) is 48.2 Å². The molecule has 0 aromatic rings. The third kappa shape index (κ3) is 13.4. The third-order valence-corrected chi connectivity index (χ3v) is 6.17. The number of rotatable bonds is 16. The Morgan fingerprint density at radius 3 is 2.14 bits per heavy atom. The van der Waals surface area contributed by atoms with Gasteiger partial charge in [-0.15, -0.1) is 0 Å². The van der Waals surface area contributed by atoms with Crippen LogP contribution in [0.3, 0.4) is 0 Å². The van der Waals surface area contributed by atoms with Crippen LogP contribution in [-0.2, 0) is 10.1 Å². The SMILES string of the molecule is CCCCCCCCCCCC1=NCC[N+]1(CCO)CC(O)CS(=O)(=O)O.[Na+].[OH-]. The molecular formula is C19H40N2NaO6S+. The van der Waals surface area contributed by atoms with Crippen LogP contribution >= 0.6 is 0 Å². The second-order valence-electron chi connectivity index (χ2n) is 7.78. The van der Waals surface area contributed by atoms with Gasteiger partial charge in [-0.05, 0) is 6.42 Å². The van der Waals surface area contributed by atoms with Crippen molar-refractivity contribution in [3.8, 4) is 0 Å². The van der Waals surface area contributed by atoms with E-state index in [0.29, 0.717) is 24.1 Å². The molecule has 1 aliphatic heterocycles. The van der Waals surface area contributed by atoms with E-state index in [0.717, 1.165) is 25.1 Å². The maximum absolute atomic E-state index is 11.0. The number of amidine groups is 1. The van der Waals surface area contributed by atoms with Crippen LogP contribution in [0.2, 0.25) is 0 Å². The summed E-state index contributed by atoms with van der Waals surface area (Å²) in [5, 5.41) is 19.6. The summed E-state index contributed by atoms with van der Waals surface area (Å²) in [6.45, 7) is 4.05. The Morgan fingerprint density at radius 1 is 1.07 bits per heavy atom. The fourth-order valence-electron chi connectivity index (χ4n) is 3.98. The third-order valence-electron chi connectivity index (χ3n) is 5.37. The van der Waals surface area contributed by atoms with Gasteiger partial charge in [0.05, 0.1) is 13.2 Å². The summed E-state index contributed by atoms with van der Waals surface area (Å²) in [4.78, 5) is 4.58. The largest absolute Gasteiger partial charge is 1.00 e. The molecule has 0 spiro atoms. The minimum atomic E-state index is -4.22. The van der Waals surface area contributed by atoms with Crippen molar-refractivity contribution < 1.29 is 62.7 Å². The van der Waals surface area contributed by atoms with Crippen LogP contribution in [0, 0.1) is 0 Å². The number of aliphatic hydroxyl groups excluding tert-OH is 2. The second-order valence-corrected chi connectivity index (χ2v) is 9.27. The van der Waals surface area contributed by atoms with E-state index >= 15 is 0 Å². The summed E-state index contributed by atoms with van der Waals surface area (Å²) in [6.07, 6.45) is 10.8. The Balaban J connectivity index is 0. The fraction of sp³-hybridized carbons (Fsp3) is 0.947. The van der Waals surface area contributed by atoms with Crippen LogP contribution in [-0.4, -0.2) is 83.6 Å². The van der Waals surface area contributed by atoms with Crippen LogP contribution in [0.15, 0.2) is 4.99 Å². The summed E-state index contributed by atoms with van der Waals surface area (Å²) >= 11 is 0. The molecular weight excluding hydrogens is 407 g/mol. The van der Waals surface area contributed by atoms with Gasteiger partial charge in [0.2, 0.25) is 0 Å². The monoisotopic (exact) mass is 447 g/mol. The van der Waals surface area contributed by atoms with E-state index in [1.807, 2.05) is 0 Å². The number of quaternary nitrogens is 1. The molecule has 0 bridgehead atoms. The summed E-state index contributed by atoms with van der Waals surface area (Å²) in [6, 6.07) is 0. The van der Waals surface area contributed by atoms with E-state index in [2.05, 4.69) is 11.9 Å². The molecule has 4 N–H and O–H groups in total. The van der Waals surface area contributed by atoms with Gasteiger partial charge < -0.3 is 15.7 Å². The molecule has 168 valence electrons. The molecule has 0 radical (unpaired) electrons. The zero-order valence-electron chi connectivity index (χ0n) is 18.3. The van der Waals surface area contributed by atoms with Crippen LogP contribution in [0.25, 0.3) is 0 Å². The Bertz CT molecular complexity index is 547. The van der Waals surface area contributed by atoms with Gasteiger partial charge in [-0.1, -0.05) is 58.3 Å². The number of unbranched alkanes of at least 4 members (excludes halogenated alkanes) is 8. The van der Waals surface area contributed by atoms with Crippen LogP contribution in [0.5, 0.6) is 0 Å². The van der Waals surface area contributed by atoms with E-state index in [9.17, 15) is 18.6 Å². The van der Waals surface area contributed by atoms with E-state index in [4.69, 9.17) is 4.55 Å². The van der Waals surface area contributed by atoms with E-state index in [1.54, 1.807) is 0 Å². The Kier molecular flexibility index (Phi) is 18.6. The summed E-state index contributed by atoms with van der Waals surface area (Å²) in [5.74, 6) is 0.269. The molecule has 2 unspecified atom stereocenters. The first-order valence-corrected chi connectivity index (χ1v) is 12.1. The molecule has 1 aliphatic rings. The molecule has 8 nitrogen and oxygen atoms in total. The quantitative estimate of drug-likeness (QED) is 0.123. The standard InChI is InChI=1S/C19H38N2O5S.Na.H2O/c1-2-3-4-5-6-7-8-9-10-11-19-20-12-13-21(19,14-15-22)16-18(23)17-27(24,25)26;;/h18,22-23H,2-17H2,1H3;;1H2/q;+1;. The normalized spacial score (nSPS) is 19.9. The second kappa shape index (κ2) is 17.0. The average Bonchev–Trinajstić information content (AvgIpc) is 2.94. The Morgan fingerprint density at radius 2 is 1.62 bits per heavy atom. The zero-order valence-corrected chi connectivity index (χ0v) is 21.1. The molecule has 0 fully saturated rings. The smallest absolute Gasteiger partial charge is 0.870 e. The van der Waals surface area contributed by atoms with E-state index in [1.165, 1.54) is 44.9 Å². The van der Waals surface area contributed by atoms with Crippen molar-refractivity contribution in [1.29, 1.82) is 0 Å². The summed E-state index contributed by atoms with van der Waals surface area (Å²) in [7, 11) is -4.22. The first-order chi connectivity index (χ1) is 12.8. The van der Waals surface area contributed by atoms with Gasteiger partial charge in [-0.2, -0.15) is 8.42 Å². The first kappa shape index (κ1) is 31.6. The maximum atomic E-state index is 11.0. The van der Waals surface area contributed by atoms with E-state index < -0.39 is 22.0 Å². The van der Waals surface area contributed by atoms with Crippen molar-refractivity contribution in [3.05, 3.63) is 0 Å². The van der Waals surface area contributed by atoms with Gasteiger partial charge in [0.1, 0.15) is 31.5 Å². The number of hydrogen-bond donors (Lipinski definition) is 3. The van der Waals surface area contributed by atoms with Gasteiger partial charge in [0.15, 0.2) is 5.84 Å². The van der Waals surface area contributed by atoms with Crippen molar-refractivity contribution >= 4 is 16.0 Å². The molecule has 29 heavy (non-hydrogen) atoms. The van der Waals surface area contributed by atoms with Gasteiger partial charge in [-0.3, -0.25) is 9.04 Å². The minimum Gasteiger partial charge on any atom is -0.870 e. The van der Waals surface area contributed by atoms with Crippen molar-refractivity contribution in [2.45, 2.75) is 77.2 Å². The molecule has 0 saturated carbocycles. The predicted molar refractivity (Wildman–Crippen MR) is 110 cm³/mol. The molecule has 1 heterocycles. The molecule has 10 heteroatoms. The van der Waals surface area contributed by atoms with Crippen molar-refractivity contribution in [2.75, 3.05) is 38.5 Å². The van der Waals surface area contributed by atoms with Crippen LogP contribution in [0.1, 0.15) is 71.1 Å². The molecule has 0 amide bonds. The van der Waals surface area contributed by atoms with Gasteiger partial charge in [0, 0.05) is 6.42 Å². The first-order valence-electron chi connectivity index (χ1n) is 10.5.